The van der Waals surface area contributed by atoms with Crippen LogP contribution in [0.1, 0.15) is 21.7 Å². The topological polar surface area (TPSA) is 75.9 Å². The van der Waals surface area contributed by atoms with Crippen molar-refractivity contribution in [3.05, 3.63) is 87.1 Å². The van der Waals surface area contributed by atoms with E-state index in [1.807, 2.05) is 35.4 Å². The number of hydrogen-bond acceptors (Lipinski definition) is 7. The van der Waals surface area contributed by atoms with Crippen LogP contribution in [0.3, 0.4) is 0 Å². The Morgan fingerprint density at radius 1 is 1.18 bits per heavy atom. The lowest BCUT2D eigenvalue weighted by Crippen LogP contribution is -2.48. The molecule has 0 spiro atoms. The molecular formula is C24H24ClN3O4S. The summed E-state index contributed by atoms with van der Waals surface area (Å²) in [6, 6.07) is 12.4. The molecule has 4 rings (SSSR count). The van der Waals surface area contributed by atoms with E-state index in [0.717, 1.165) is 10.6 Å². The summed E-state index contributed by atoms with van der Waals surface area (Å²) in [5.41, 5.74) is 1.20. The Morgan fingerprint density at radius 3 is 2.70 bits per heavy atom. The SMILES string of the molecule is CSc1ncccc1C(=O)N1CCN(Cc2cc(=O)c(OCc3ccccc3Cl)co2)CC1. The van der Waals surface area contributed by atoms with E-state index >= 15 is 0 Å². The number of piperazine rings is 1. The maximum Gasteiger partial charge on any atom is 0.256 e. The van der Waals surface area contributed by atoms with Crippen molar-refractivity contribution in [2.45, 2.75) is 18.2 Å². The van der Waals surface area contributed by atoms with E-state index in [1.54, 1.807) is 18.3 Å². The summed E-state index contributed by atoms with van der Waals surface area (Å²) in [5, 5.41) is 1.33. The van der Waals surface area contributed by atoms with Crippen LogP contribution in [0, 0.1) is 0 Å². The van der Waals surface area contributed by atoms with Gasteiger partial charge < -0.3 is 14.1 Å². The van der Waals surface area contributed by atoms with Crippen LogP contribution in [0.5, 0.6) is 5.75 Å². The number of carbonyl (C=O) groups is 1. The summed E-state index contributed by atoms with van der Waals surface area (Å²) in [6.07, 6.45) is 4.96. The van der Waals surface area contributed by atoms with Gasteiger partial charge in [-0.1, -0.05) is 29.8 Å². The zero-order valence-electron chi connectivity index (χ0n) is 18.2. The monoisotopic (exact) mass is 485 g/mol. The number of rotatable bonds is 7. The van der Waals surface area contributed by atoms with Crippen LogP contribution in [0.15, 0.2) is 69.2 Å². The van der Waals surface area contributed by atoms with E-state index < -0.39 is 0 Å². The highest BCUT2D eigenvalue weighted by Gasteiger charge is 2.24. The molecule has 172 valence electrons. The summed E-state index contributed by atoms with van der Waals surface area (Å²) in [7, 11) is 0. The Kier molecular flexibility index (Phi) is 7.69. The van der Waals surface area contributed by atoms with Gasteiger partial charge in [-0.05, 0) is 24.5 Å². The minimum atomic E-state index is -0.238. The lowest BCUT2D eigenvalue weighted by Gasteiger charge is -2.34. The normalized spacial score (nSPS) is 14.3. The minimum absolute atomic E-state index is 0.00125. The summed E-state index contributed by atoms with van der Waals surface area (Å²) < 4.78 is 11.2. The maximum atomic E-state index is 12.9. The fraction of sp³-hybridized carbons (Fsp3) is 0.292. The number of aromatic nitrogens is 1. The Balaban J connectivity index is 1.31. The third-order valence-electron chi connectivity index (χ3n) is 5.43. The molecule has 9 heteroatoms. The van der Waals surface area contributed by atoms with Crippen LogP contribution >= 0.6 is 23.4 Å². The van der Waals surface area contributed by atoms with Crippen LogP contribution in [0.2, 0.25) is 5.02 Å². The molecule has 0 radical (unpaired) electrons. The summed E-state index contributed by atoms with van der Waals surface area (Å²) in [5.74, 6) is 0.704. The molecule has 3 aromatic rings. The summed E-state index contributed by atoms with van der Waals surface area (Å²) in [6.45, 7) is 3.26. The first kappa shape index (κ1) is 23.4. The quantitative estimate of drug-likeness (QED) is 0.469. The lowest BCUT2D eigenvalue weighted by molar-refractivity contribution is 0.0615. The molecule has 1 aliphatic rings. The van der Waals surface area contributed by atoms with Crippen molar-refractivity contribution in [1.29, 1.82) is 0 Å². The molecule has 2 aromatic heterocycles. The van der Waals surface area contributed by atoms with Crippen molar-refractivity contribution >= 4 is 29.3 Å². The second kappa shape index (κ2) is 10.9. The average Bonchev–Trinajstić information content (AvgIpc) is 2.84. The van der Waals surface area contributed by atoms with Crippen molar-refractivity contribution in [1.82, 2.24) is 14.8 Å². The van der Waals surface area contributed by atoms with Crippen LogP contribution in [0.25, 0.3) is 0 Å². The first-order valence-corrected chi connectivity index (χ1v) is 12.1. The molecular weight excluding hydrogens is 462 g/mol. The molecule has 1 aromatic carbocycles. The van der Waals surface area contributed by atoms with Crippen LogP contribution in [-0.4, -0.2) is 53.1 Å². The van der Waals surface area contributed by atoms with Gasteiger partial charge in [0.2, 0.25) is 11.2 Å². The van der Waals surface area contributed by atoms with E-state index in [9.17, 15) is 9.59 Å². The predicted molar refractivity (Wildman–Crippen MR) is 128 cm³/mol. The van der Waals surface area contributed by atoms with E-state index in [2.05, 4.69) is 9.88 Å². The van der Waals surface area contributed by atoms with Gasteiger partial charge in [-0.3, -0.25) is 14.5 Å². The molecule has 1 amide bonds. The van der Waals surface area contributed by atoms with E-state index in [0.29, 0.717) is 49.1 Å². The average molecular weight is 486 g/mol. The smallest absolute Gasteiger partial charge is 0.256 e. The van der Waals surface area contributed by atoms with Crippen LogP contribution in [0.4, 0.5) is 0 Å². The molecule has 0 saturated carbocycles. The van der Waals surface area contributed by atoms with Crippen LogP contribution < -0.4 is 10.2 Å². The summed E-state index contributed by atoms with van der Waals surface area (Å²) in [4.78, 5) is 33.6. The van der Waals surface area contributed by atoms with Gasteiger partial charge in [-0.15, -0.1) is 11.8 Å². The van der Waals surface area contributed by atoms with E-state index in [1.165, 1.54) is 24.1 Å². The first-order valence-electron chi connectivity index (χ1n) is 10.5. The van der Waals surface area contributed by atoms with Crippen molar-refractivity contribution in [2.75, 3.05) is 32.4 Å². The molecule has 0 atom stereocenters. The molecule has 33 heavy (non-hydrogen) atoms. The van der Waals surface area contributed by atoms with Gasteiger partial charge in [0.05, 0.1) is 12.1 Å². The van der Waals surface area contributed by atoms with E-state index in [-0.39, 0.29) is 23.7 Å². The number of carbonyl (C=O) groups excluding carboxylic acids is 1. The number of nitrogens with zero attached hydrogens (tertiary/aromatic N) is 3. The highest BCUT2D eigenvalue weighted by atomic mass is 35.5. The second-order valence-electron chi connectivity index (χ2n) is 7.58. The molecule has 1 saturated heterocycles. The van der Waals surface area contributed by atoms with Crippen molar-refractivity contribution in [2.24, 2.45) is 0 Å². The van der Waals surface area contributed by atoms with Gasteiger partial charge in [0.15, 0.2) is 0 Å². The van der Waals surface area contributed by atoms with Gasteiger partial charge in [-0.2, -0.15) is 0 Å². The molecule has 0 N–H and O–H groups in total. The maximum absolute atomic E-state index is 12.9. The third-order valence-corrected chi connectivity index (χ3v) is 6.51. The summed E-state index contributed by atoms with van der Waals surface area (Å²) >= 11 is 7.60. The zero-order valence-corrected chi connectivity index (χ0v) is 19.8. The third kappa shape index (κ3) is 5.76. The molecule has 0 aliphatic carbocycles. The number of hydrogen-bond donors (Lipinski definition) is 0. The van der Waals surface area contributed by atoms with Gasteiger partial charge in [0.25, 0.3) is 5.91 Å². The molecule has 3 heterocycles. The number of benzene rings is 1. The highest BCUT2D eigenvalue weighted by molar-refractivity contribution is 7.98. The zero-order chi connectivity index (χ0) is 23.2. The van der Waals surface area contributed by atoms with Gasteiger partial charge in [0, 0.05) is 49.0 Å². The van der Waals surface area contributed by atoms with Gasteiger partial charge in [-0.25, -0.2) is 4.98 Å². The Hall–Kier alpha value is -2.81. The minimum Gasteiger partial charge on any atom is -0.482 e. The molecule has 1 aliphatic heterocycles. The van der Waals surface area contributed by atoms with E-state index in [4.69, 9.17) is 20.8 Å². The van der Waals surface area contributed by atoms with Crippen molar-refractivity contribution in [3.8, 4) is 5.75 Å². The molecule has 0 unspecified atom stereocenters. The molecule has 1 fully saturated rings. The first-order chi connectivity index (χ1) is 16.0. The lowest BCUT2D eigenvalue weighted by atomic mass is 10.2. The molecule has 7 nitrogen and oxygen atoms in total. The Labute approximate surface area is 201 Å². The number of amides is 1. The fourth-order valence-corrected chi connectivity index (χ4v) is 4.35. The number of pyridine rings is 1. The van der Waals surface area contributed by atoms with Crippen LogP contribution in [-0.2, 0) is 13.2 Å². The number of thioether (sulfide) groups is 1. The standard InChI is InChI=1S/C24H24ClN3O4S/c1-33-23-19(6-4-8-26-23)24(30)28-11-9-27(10-12-28)14-18-13-21(29)22(16-31-18)32-15-17-5-2-3-7-20(17)25/h2-8,13,16H,9-12,14-15H2,1H3. The highest BCUT2D eigenvalue weighted by Crippen LogP contribution is 2.20. The second-order valence-corrected chi connectivity index (χ2v) is 8.79. The molecule has 0 bridgehead atoms. The largest absolute Gasteiger partial charge is 0.482 e. The van der Waals surface area contributed by atoms with Crippen molar-refractivity contribution in [3.63, 3.8) is 0 Å². The van der Waals surface area contributed by atoms with Crippen molar-refractivity contribution < 1.29 is 13.9 Å². The number of ether oxygens (including phenoxy) is 1. The fourth-order valence-electron chi connectivity index (χ4n) is 3.61. The Morgan fingerprint density at radius 2 is 1.97 bits per heavy atom. The Bertz CT molecular complexity index is 1180. The predicted octanol–water partition coefficient (Wildman–Crippen LogP) is 3.95. The number of halogens is 1. The van der Waals surface area contributed by atoms with Gasteiger partial charge >= 0.3 is 0 Å². The van der Waals surface area contributed by atoms with Gasteiger partial charge in [0.1, 0.15) is 23.7 Å².